The van der Waals surface area contributed by atoms with Crippen molar-refractivity contribution in [3.8, 4) is 5.88 Å². The smallest absolute Gasteiger partial charge is 0.223 e. The van der Waals surface area contributed by atoms with Crippen LogP contribution in [0.15, 0.2) is 12.3 Å². The number of amides is 1. The number of carbonyl (C=O) groups is 1. The summed E-state index contributed by atoms with van der Waals surface area (Å²) in [4.78, 5) is 16.2. The van der Waals surface area contributed by atoms with Gasteiger partial charge in [0.05, 0.1) is 24.2 Å². The lowest BCUT2D eigenvalue weighted by Crippen LogP contribution is -2.38. The Hall–Kier alpha value is -2.02. The van der Waals surface area contributed by atoms with Gasteiger partial charge in [-0.3, -0.25) is 4.79 Å². The number of anilines is 2. The number of hydrogen-bond acceptors (Lipinski definition) is 6. The van der Waals surface area contributed by atoms with Gasteiger partial charge in [-0.05, 0) is 39.5 Å². The Balaban J connectivity index is 1.88. The van der Waals surface area contributed by atoms with Crippen molar-refractivity contribution < 1.29 is 14.6 Å². The molecule has 0 bridgehead atoms. The molecule has 1 aliphatic carbocycles. The molecule has 134 valence electrons. The number of aliphatic hydroxyl groups excluding tert-OH is 1. The molecule has 7 heteroatoms. The lowest BCUT2D eigenvalue weighted by molar-refractivity contribution is -0.126. The van der Waals surface area contributed by atoms with Gasteiger partial charge in [-0.1, -0.05) is 0 Å². The Morgan fingerprint density at radius 2 is 2.12 bits per heavy atom. The van der Waals surface area contributed by atoms with Crippen molar-refractivity contribution in [2.75, 3.05) is 24.3 Å². The van der Waals surface area contributed by atoms with Crippen LogP contribution in [0.2, 0.25) is 0 Å². The van der Waals surface area contributed by atoms with E-state index in [1.807, 2.05) is 13.8 Å². The van der Waals surface area contributed by atoms with E-state index in [1.165, 1.54) is 0 Å². The first-order valence-corrected chi connectivity index (χ1v) is 8.55. The van der Waals surface area contributed by atoms with Crippen molar-refractivity contribution in [2.45, 2.75) is 51.6 Å². The number of aromatic nitrogens is 1. The Kier molecular flexibility index (Phi) is 6.66. The molecule has 1 fully saturated rings. The molecule has 0 radical (unpaired) electrons. The van der Waals surface area contributed by atoms with Crippen LogP contribution in [0.4, 0.5) is 11.4 Å². The maximum Gasteiger partial charge on any atom is 0.223 e. The van der Waals surface area contributed by atoms with E-state index in [1.54, 1.807) is 12.3 Å². The molecule has 24 heavy (non-hydrogen) atoms. The molecule has 0 atom stereocenters. The summed E-state index contributed by atoms with van der Waals surface area (Å²) in [5.41, 5.74) is 7.32. The normalized spacial score (nSPS) is 20.7. The van der Waals surface area contributed by atoms with E-state index in [0.717, 1.165) is 31.4 Å². The predicted molar refractivity (Wildman–Crippen MR) is 93.9 cm³/mol. The summed E-state index contributed by atoms with van der Waals surface area (Å²) in [7, 11) is 0. The third-order valence-corrected chi connectivity index (χ3v) is 4.14. The van der Waals surface area contributed by atoms with Crippen LogP contribution < -0.4 is 21.1 Å². The molecule has 0 saturated heterocycles. The van der Waals surface area contributed by atoms with E-state index in [-0.39, 0.29) is 37.1 Å². The molecule has 1 saturated carbocycles. The zero-order valence-electron chi connectivity index (χ0n) is 14.4. The number of rotatable bonds is 7. The molecule has 0 aliphatic heterocycles. The molecule has 5 N–H and O–H groups in total. The number of carbonyl (C=O) groups excluding carboxylic acids is 1. The lowest BCUT2D eigenvalue weighted by atomic mass is 9.85. The van der Waals surface area contributed by atoms with Crippen molar-refractivity contribution in [1.29, 1.82) is 0 Å². The molecule has 2 rings (SSSR count). The Morgan fingerprint density at radius 3 is 2.75 bits per heavy atom. The van der Waals surface area contributed by atoms with Crippen molar-refractivity contribution in [3.63, 3.8) is 0 Å². The molecule has 1 aromatic heterocycles. The second-order valence-corrected chi connectivity index (χ2v) is 6.54. The molecule has 1 amide bonds. The molecular formula is C17H28N4O3. The van der Waals surface area contributed by atoms with E-state index in [2.05, 4.69) is 15.6 Å². The van der Waals surface area contributed by atoms with Crippen LogP contribution in [0.25, 0.3) is 0 Å². The van der Waals surface area contributed by atoms with E-state index >= 15 is 0 Å². The van der Waals surface area contributed by atoms with Gasteiger partial charge in [0.2, 0.25) is 11.8 Å². The number of nitrogen functional groups attached to an aromatic ring is 1. The van der Waals surface area contributed by atoms with E-state index in [0.29, 0.717) is 11.6 Å². The summed E-state index contributed by atoms with van der Waals surface area (Å²) < 4.78 is 5.32. The summed E-state index contributed by atoms with van der Waals surface area (Å²) in [6.07, 6.45) is 5.14. The van der Waals surface area contributed by atoms with Gasteiger partial charge in [0.25, 0.3) is 0 Å². The van der Waals surface area contributed by atoms with Crippen molar-refractivity contribution in [1.82, 2.24) is 10.3 Å². The second kappa shape index (κ2) is 8.73. The highest BCUT2D eigenvalue weighted by Crippen LogP contribution is 2.29. The van der Waals surface area contributed by atoms with Gasteiger partial charge < -0.3 is 26.2 Å². The van der Waals surface area contributed by atoms with Crippen LogP contribution in [0.5, 0.6) is 5.88 Å². The van der Waals surface area contributed by atoms with E-state index in [4.69, 9.17) is 15.6 Å². The van der Waals surface area contributed by atoms with Crippen molar-refractivity contribution in [2.24, 2.45) is 5.92 Å². The molecule has 0 spiro atoms. The first-order chi connectivity index (χ1) is 11.5. The van der Waals surface area contributed by atoms with Gasteiger partial charge in [0, 0.05) is 24.1 Å². The van der Waals surface area contributed by atoms with Crippen molar-refractivity contribution in [3.05, 3.63) is 12.3 Å². The average Bonchev–Trinajstić information content (AvgIpc) is 2.55. The monoisotopic (exact) mass is 336 g/mol. The van der Waals surface area contributed by atoms with Crippen LogP contribution in [0.3, 0.4) is 0 Å². The molecule has 0 unspecified atom stereocenters. The molecule has 0 aromatic carbocycles. The number of aliphatic hydroxyl groups is 1. The van der Waals surface area contributed by atoms with E-state index in [9.17, 15) is 4.79 Å². The maximum atomic E-state index is 12.1. The third-order valence-electron chi connectivity index (χ3n) is 4.14. The van der Waals surface area contributed by atoms with Crippen LogP contribution in [-0.4, -0.2) is 41.3 Å². The van der Waals surface area contributed by atoms with Gasteiger partial charge in [-0.15, -0.1) is 0 Å². The fourth-order valence-corrected chi connectivity index (χ4v) is 2.92. The predicted octanol–water partition coefficient (Wildman–Crippen LogP) is 1.53. The minimum absolute atomic E-state index is 0.0583. The third kappa shape index (κ3) is 5.26. The highest BCUT2D eigenvalue weighted by atomic mass is 16.5. The Bertz CT molecular complexity index is 543. The molecule has 1 heterocycles. The fourth-order valence-electron chi connectivity index (χ4n) is 2.92. The Labute approximate surface area is 143 Å². The molecule has 1 aromatic rings. The zero-order valence-corrected chi connectivity index (χ0v) is 14.4. The summed E-state index contributed by atoms with van der Waals surface area (Å²) in [6.45, 7) is 4.10. The van der Waals surface area contributed by atoms with Gasteiger partial charge in [-0.25, -0.2) is 4.98 Å². The number of hydrogen-bond donors (Lipinski definition) is 4. The topological polar surface area (TPSA) is 110 Å². The number of ether oxygens (including phenoxy) is 1. The van der Waals surface area contributed by atoms with Crippen LogP contribution in [-0.2, 0) is 4.79 Å². The zero-order chi connectivity index (χ0) is 17.5. The van der Waals surface area contributed by atoms with Gasteiger partial charge in [-0.2, -0.15) is 0 Å². The minimum atomic E-state index is -0.0583. The SMILES string of the molecule is CC(C)NC(=O)[C@H]1CC[C@@H](Nc2cc(OCCO)ncc2N)CC1. The van der Waals surface area contributed by atoms with Crippen molar-refractivity contribution >= 4 is 17.3 Å². The first-order valence-electron chi connectivity index (χ1n) is 8.55. The van der Waals surface area contributed by atoms with Gasteiger partial charge in [0.1, 0.15) is 6.61 Å². The molecular weight excluding hydrogens is 308 g/mol. The number of pyridine rings is 1. The number of nitrogens with one attached hydrogen (secondary N) is 2. The molecule has 7 nitrogen and oxygen atoms in total. The number of nitrogens with two attached hydrogens (primary N) is 1. The minimum Gasteiger partial charge on any atom is -0.475 e. The van der Waals surface area contributed by atoms with Crippen LogP contribution >= 0.6 is 0 Å². The molecule has 1 aliphatic rings. The average molecular weight is 336 g/mol. The highest BCUT2D eigenvalue weighted by molar-refractivity contribution is 5.79. The van der Waals surface area contributed by atoms with E-state index < -0.39 is 0 Å². The van der Waals surface area contributed by atoms with Crippen LogP contribution in [0, 0.1) is 5.92 Å². The second-order valence-electron chi connectivity index (χ2n) is 6.54. The summed E-state index contributed by atoms with van der Waals surface area (Å²) in [5, 5.41) is 15.2. The quantitative estimate of drug-likeness (QED) is 0.601. The lowest BCUT2D eigenvalue weighted by Gasteiger charge is -2.30. The largest absolute Gasteiger partial charge is 0.475 e. The fraction of sp³-hybridized carbons (Fsp3) is 0.647. The highest BCUT2D eigenvalue weighted by Gasteiger charge is 2.26. The summed E-state index contributed by atoms with van der Waals surface area (Å²) in [6, 6.07) is 2.22. The summed E-state index contributed by atoms with van der Waals surface area (Å²) >= 11 is 0. The Morgan fingerprint density at radius 1 is 1.42 bits per heavy atom. The maximum absolute atomic E-state index is 12.1. The van der Waals surface area contributed by atoms with Gasteiger partial charge in [0.15, 0.2) is 0 Å². The van der Waals surface area contributed by atoms with Crippen LogP contribution in [0.1, 0.15) is 39.5 Å². The van der Waals surface area contributed by atoms with Gasteiger partial charge >= 0.3 is 0 Å². The standard InChI is InChI=1S/C17H28N4O3/c1-11(2)20-17(23)12-3-5-13(6-4-12)21-15-9-16(24-8-7-22)19-10-14(15)18/h9-13,22H,3-8,18H2,1-2H3,(H,19,21)(H,20,23)/t12-,13+. The number of nitrogens with zero attached hydrogens (tertiary/aromatic N) is 1. The first kappa shape index (κ1) is 18.3. The summed E-state index contributed by atoms with van der Waals surface area (Å²) in [5.74, 6) is 0.695.